The number of ketones is 1. The molecule has 0 fully saturated rings. The molecular weight excluding hydrogens is 463 g/mol. The lowest BCUT2D eigenvalue weighted by molar-refractivity contribution is -0.123. The number of nitrogens with one attached hydrogen (secondary N) is 1. The maximum atomic E-state index is 13.1. The number of hydrogen-bond acceptors (Lipinski definition) is 5. The van der Waals surface area contributed by atoms with E-state index in [-0.39, 0.29) is 25.5 Å². The minimum absolute atomic E-state index is 0.223. The Morgan fingerprint density at radius 2 is 1.88 bits per heavy atom. The predicted molar refractivity (Wildman–Crippen MR) is 125 cm³/mol. The molecule has 174 valence electrons. The highest BCUT2D eigenvalue weighted by atomic mass is 35.5. The summed E-state index contributed by atoms with van der Waals surface area (Å²) < 4.78 is 24.1. The third-order valence-corrected chi connectivity index (χ3v) is 5.58. The molecule has 1 aliphatic rings. The highest BCUT2D eigenvalue weighted by Gasteiger charge is 2.28. The van der Waals surface area contributed by atoms with Gasteiger partial charge in [-0.25, -0.2) is 4.39 Å². The second-order valence-corrected chi connectivity index (χ2v) is 8.04. The fraction of sp³-hybridized carbons (Fsp3) is 0.160. The van der Waals surface area contributed by atoms with Gasteiger partial charge in [0.2, 0.25) is 5.91 Å². The van der Waals surface area contributed by atoms with Crippen molar-refractivity contribution in [3.05, 3.63) is 82.6 Å². The molecule has 0 saturated heterocycles. The third kappa shape index (κ3) is 5.35. The molecule has 3 aromatic carbocycles. The molecule has 9 heteroatoms. The summed E-state index contributed by atoms with van der Waals surface area (Å²) in [5, 5.41) is 3.21. The molecule has 2 amide bonds. The highest BCUT2D eigenvalue weighted by Crippen LogP contribution is 2.33. The van der Waals surface area contributed by atoms with Gasteiger partial charge in [-0.3, -0.25) is 19.3 Å². The third-order valence-electron chi connectivity index (χ3n) is 5.15. The smallest absolute Gasteiger partial charge is 0.265 e. The lowest BCUT2D eigenvalue weighted by Gasteiger charge is -2.29. The first-order valence-electron chi connectivity index (χ1n) is 10.3. The molecule has 1 heterocycles. The number of rotatable bonds is 7. The summed E-state index contributed by atoms with van der Waals surface area (Å²) >= 11 is 6.01. The Kier molecular flexibility index (Phi) is 6.79. The maximum Gasteiger partial charge on any atom is 0.265 e. The molecule has 1 N–H and O–H groups in total. The monoisotopic (exact) mass is 482 g/mol. The molecular formula is C25H20ClFN2O5. The number of halogens is 2. The molecule has 0 spiro atoms. The number of fused-ring (bicyclic) bond motifs is 1. The molecule has 0 atom stereocenters. The average molecular weight is 483 g/mol. The molecule has 3 aromatic rings. The van der Waals surface area contributed by atoms with Gasteiger partial charge in [0, 0.05) is 16.3 Å². The largest absolute Gasteiger partial charge is 0.485 e. The molecule has 34 heavy (non-hydrogen) atoms. The van der Waals surface area contributed by atoms with Crippen molar-refractivity contribution in [2.75, 3.05) is 30.0 Å². The van der Waals surface area contributed by atoms with Crippen molar-refractivity contribution in [1.82, 2.24) is 0 Å². The van der Waals surface area contributed by atoms with E-state index in [9.17, 15) is 18.8 Å². The van der Waals surface area contributed by atoms with Gasteiger partial charge in [-0.05, 0) is 73.2 Å². The Labute approximate surface area is 200 Å². The van der Waals surface area contributed by atoms with Gasteiger partial charge >= 0.3 is 0 Å². The van der Waals surface area contributed by atoms with Crippen LogP contribution in [0.2, 0.25) is 5.02 Å². The van der Waals surface area contributed by atoms with Crippen LogP contribution in [-0.2, 0) is 9.59 Å². The number of Topliss-reactive ketones (excluding diaryl/α,β-unsaturated/α-hetero) is 1. The summed E-state index contributed by atoms with van der Waals surface area (Å²) in [6.07, 6.45) is 0. The van der Waals surface area contributed by atoms with Gasteiger partial charge in [-0.2, -0.15) is 0 Å². The summed E-state index contributed by atoms with van der Waals surface area (Å²) in [5.74, 6) is -0.775. The Balaban J connectivity index is 1.47. The van der Waals surface area contributed by atoms with Crippen LogP contribution < -0.4 is 19.7 Å². The SMILES string of the molecule is Cc1cc(OCC(=O)c2ccc3c(c2)N(CC(=O)Nc2ccc(F)cc2)C(=O)CO3)ccc1Cl. The Morgan fingerprint density at radius 1 is 1.12 bits per heavy atom. The molecule has 0 aliphatic carbocycles. The van der Waals surface area contributed by atoms with Gasteiger partial charge in [0.05, 0.1) is 5.69 Å². The molecule has 0 radical (unpaired) electrons. The molecule has 1 aliphatic heterocycles. The second kappa shape index (κ2) is 9.93. The van der Waals surface area contributed by atoms with Crippen molar-refractivity contribution >= 4 is 40.6 Å². The van der Waals surface area contributed by atoms with E-state index in [0.717, 1.165) is 5.56 Å². The minimum atomic E-state index is -0.481. The van der Waals surface area contributed by atoms with Crippen molar-refractivity contribution in [3.8, 4) is 11.5 Å². The number of anilines is 2. The first kappa shape index (κ1) is 23.3. The quantitative estimate of drug-likeness (QED) is 0.504. The van der Waals surface area contributed by atoms with E-state index >= 15 is 0 Å². The van der Waals surface area contributed by atoms with Crippen LogP contribution in [-0.4, -0.2) is 37.4 Å². The molecule has 7 nitrogen and oxygen atoms in total. The van der Waals surface area contributed by atoms with Gasteiger partial charge in [0.25, 0.3) is 5.91 Å². The molecule has 4 rings (SSSR count). The van der Waals surface area contributed by atoms with E-state index in [1.807, 2.05) is 6.92 Å². The van der Waals surface area contributed by atoms with E-state index < -0.39 is 17.6 Å². The van der Waals surface area contributed by atoms with E-state index in [0.29, 0.717) is 33.5 Å². The molecule has 0 unspecified atom stereocenters. The number of hydrogen-bond donors (Lipinski definition) is 1. The topological polar surface area (TPSA) is 84.9 Å². The van der Waals surface area contributed by atoms with Gasteiger partial charge in [0.15, 0.2) is 19.0 Å². The normalized spacial score (nSPS) is 12.6. The number of carbonyl (C=O) groups is 3. The fourth-order valence-corrected chi connectivity index (χ4v) is 3.48. The van der Waals surface area contributed by atoms with Crippen molar-refractivity contribution in [1.29, 1.82) is 0 Å². The van der Waals surface area contributed by atoms with Crippen LogP contribution in [0.25, 0.3) is 0 Å². The Hall–Kier alpha value is -3.91. The summed E-state index contributed by atoms with van der Waals surface area (Å²) in [6, 6.07) is 15.0. The van der Waals surface area contributed by atoms with E-state index in [1.54, 1.807) is 30.3 Å². The van der Waals surface area contributed by atoms with Crippen LogP contribution in [0.4, 0.5) is 15.8 Å². The minimum Gasteiger partial charge on any atom is -0.485 e. The van der Waals surface area contributed by atoms with Crippen LogP contribution in [0.1, 0.15) is 15.9 Å². The molecule has 0 aromatic heterocycles. The summed E-state index contributed by atoms with van der Waals surface area (Å²) in [7, 11) is 0. The number of ether oxygens (including phenoxy) is 2. The zero-order chi connectivity index (χ0) is 24.2. The van der Waals surface area contributed by atoms with Crippen LogP contribution in [0.15, 0.2) is 60.7 Å². The van der Waals surface area contributed by atoms with Crippen LogP contribution in [0.5, 0.6) is 11.5 Å². The zero-order valence-electron chi connectivity index (χ0n) is 18.1. The van der Waals surface area contributed by atoms with Crippen molar-refractivity contribution in [2.24, 2.45) is 0 Å². The van der Waals surface area contributed by atoms with Crippen LogP contribution in [0.3, 0.4) is 0 Å². The number of nitrogens with zero attached hydrogens (tertiary/aromatic N) is 1. The number of amides is 2. The lowest BCUT2D eigenvalue weighted by Crippen LogP contribution is -2.43. The van der Waals surface area contributed by atoms with Gasteiger partial charge in [-0.15, -0.1) is 0 Å². The summed E-state index contributed by atoms with van der Waals surface area (Å²) in [6.45, 7) is 1.08. The number of benzene rings is 3. The zero-order valence-corrected chi connectivity index (χ0v) is 18.9. The van der Waals surface area contributed by atoms with Crippen molar-refractivity contribution < 1.29 is 28.2 Å². The first-order chi connectivity index (χ1) is 16.3. The van der Waals surface area contributed by atoms with Crippen LogP contribution >= 0.6 is 11.6 Å². The van der Waals surface area contributed by atoms with Crippen molar-refractivity contribution in [3.63, 3.8) is 0 Å². The van der Waals surface area contributed by atoms with Crippen LogP contribution in [0, 0.1) is 12.7 Å². The standard InChI is InChI=1S/C25H20ClFN2O5/c1-15-10-19(7-8-20(15)26)33-13-22(30)16-2-9-23-21(11-16)29(25(32)14-34-23)12-24(31)28-18-5-3-17(27)4-6-18/h2-11H,12-14H2,1H3,(H,28,31). The maximum absolute atomic E-state index is 13.1. The fourth-order valence-electron chi connectivity index (χ4n) is 3.37. The van der Waals surface area contributed by atoms with Gasteiger partial charge in [0.1, 0.15) is 23.9 Å². The Morgan fingerprint density at radius 3 is 2.62 bits per heavy atom. The predicted octanol–water partition coefficient (Wildman–Crippen LogP) is 4.41. The first-order valence-corrected chi connectivity index (χ1v) is 10.7. The van der Waals surface area contributed by atoms with Gasteiger partial charge in [-0.1, -0.05) is 11.6 Å². The Bertz CT molecular complexity index is 1260. The summed E-state index contributed by atoms with van der Waals surface area (Å²) in [5.41, 5.74) is 1.82. The van der Waals surface area contributed by atoms with E-state index in [4.69, 9.17) is 21.1 Å². The lowest BCUT2D eigenvalue weighted by atomic mass is 10.1. The highest BCUT2D eigenvalue weighted by molar-refractivity contribution is 6.31. The molecule has 0 saturated carbocycles. The van der Waals surface area contributed by atoms with E-state index in [1.165, 1.54) is 35.2 Å². The van der Waals surface area contributed by atoms with Crippen molar-refractivity contribution in [2.45, 2.75) is 6.92 Å². The summed E-state index contributed by atoms with van der Waals surface area (Å²) in [4.78, 5) is 39.0. The van der Waals surface area contributed by atoms with E-state index in [2.05, 4.69) is 5.32 Å². The number of aryl methyl sites for hydroxylation is 1. The second-order valence-electron chi connectivity index (χ2n) is 7.63. The van der Waals surface area contributed by atoms with Gasteiger partial charge < -0.3 is 14.8 Å². The molecule has 0 bridgehead atoms. The average Bonchev–Trinajstić information content (AvgIpc) is 2.82. The number of carbonyl (C=O) groups excluding carboxylic acids is 3.